The summed E-state index contributed by atoms with van der Waals surface area (Å²) in [6.45, 7) is 6.34. The van der Waals surface area contributed by atoms with Gasteiger partial charge in [-0.25, -0.2) is 0 Å². The minimum atomic E-state index is 0.170. The molecule has 0 atom stereocenters. The largest absolute Gasteiger partial charge is 0.339 e. The molecule has 0 aromatic heterocycles. The fourth-order valence-corrected chi connectivity index (χ4v) is 3.36. The van der Waals surface area contributed by atoms with Crippen molar-refractivity contribution in [3.8, 4) is 0 Å². The number of carbonyl (C=O) groups excluding carboxylic acids is 1. The van der Waals surface area contributed by atoms with Crippen LogP contribution in [0.1, 0.15) is 43.5 Å². The summed E-state index contributed by atoms with van der Waals surface area (Å²) in [4.78, 5) is 14.6. The van der Waals surface area contributed by atoms with Crippen LogP contribution in [-0.4, -0.2) is 23.9 Å². The number of amides is 1. The highest BCUT2D eigenvalue weighted by atomic mass is 127. The van der Waals surface area contributed by atoms with Gasteiger partial charge in [0.25, 0.3) is 5.91 Å². The van der Waals surface area contributed by atoms with Gasteiger partial charge in [-0.3, -0.25) is 4.79 Å². The Morgan fingerprint density at radius 3 is 2.63 bits per heavy atom. The molecule has 0 spiro atoms. The number of rotatable bonds is 2. The molecule has 1 aliphatic heterocycles. The first kappa shape index (κ1) is 15.3. The zero-order valence-corrected chi connectivity index (χ0v) is 15.1. The number of piperidine rings is 1. The van der Waals surface area contributed by atoms with Gasteiger partial charge in [-0.2, -0.15) is 0 Å². The summed E-state index contributed by atoms with van der Waals surface area (Å²) in [7, 11) is 0. The van der Waals surface area contributed by atoms with Crippen LogP contribution >= 0.6 is 38.5 Å². The third-order valence-corrected chi connectivity index (χ3v) is 5.70. The fraction of sp³-hybridized carbons (Fsp3) is 0.533. The van der Waals surface area contributed by atoms with Crippen LogP contribution in [-0.2, 0) is 0 Å². The second-order valence-electron chi connectivity index (χ2n) is 5.58. The first-order chi connectivity index (χ1) is 8.95. The molecule has 1 aliphatic rings. The van der Waals surface area contributed by atoms with Crippen LogP contribution < -0.4 is 0 Å². The average Bonchev–Trinajstić information content (AvgIpc) is 2.42. The molecule has 0 unspecified atom stereocenters. The smallest absolute Gasteiger partial charge is 0.254 e. The van der Waals surface area contributed by atoms with Crippen LogP contribution in [0.15, 0.2) is 22.7 Å². The summed E-state index contributed by atoms with van der Waals surface area (Å²) in [5, 5.41) is 0. The quantitative estimate of drug-likeness (QED) is 0.616. The molecule has 2 rings (SSSR count). The number of nitrogens with zero attached hydrogens (tertiary/aromatic N) is 1. The molecule has 1 heterocycles. The molecule has 0 radical (unpaired) electrons. The molecule has 0 bridgehead atoms. The molecule has 0 aliphatic carbocycles. The van der Waals surface area contributed by atoms with Gasteiger partial charge in [-0.1, -0.05) is 36.2 Å². The van der Waals surface area contributed by atoms with Crippen molar-refractivity contribution in [2.24, 2.45) is 5.41 Å². The zero-order valence-electron chi connectivity index (χ0n) is 11.4. The number of halogens is 2. The molecular weight excluding hydrogens is 417 g/mol. The maximum atomic E-state index is 12.6. The van der Waals surface area contributed by atoms with Gasteiger partial charge in [0.2, 0.25) is 0 Å². The molecule has 1 fully saturated rings. The van der Waals surface area contributed by atoms with Gasteiger partial charge in [-0.05, 0) is 59.0 Å². The van der Waals surface area contributed by atoms with Crippen molar-refractivity contribution in [3.05, 3.63) is 31.8 Å². The van der Waals surface area contributed by atoms with Gasteiger partial charge in [0.05, 0.1) is 5.56 Å². The minimum absolute atomic E-state index is 0.170. The van der Waals surface area contributed by atoms with E-state index < -0.39 is 0 Å². The molecule has 1 aromatic carbocycles. The van der Waals surface area contributed by atoms with E-state index in [0.29, 0.717) is 5.41 Å². The van der Waals surface area contributed by atoms with Gasteiger partial charge >= 0.3 is 0 Å². The molecular formula is C15H19BrINO. The van der Waals surface area contributed by atoms with E-state index in [9.17, 15) is 4.79 Å². The number of benzene rings is 1. The summed E-state index contributed by atoms with van der Waals surface area (Å²) in [6.07, 6.45) is 3.42. The molecule has 1 aromatic rings. The minimum Gasteiger partial charge on any atom is -0.339 e. The Hall–Kier alpha value is -0.100. The van der Waals surface area contributed by atoms with Crippen LogP contribution in [0.5, 0.6) is 0 Å². The molecule has 19 heavy (non-hydrogen) atoms. The third-order valence-electron chi connectivity index (χ3n) is 4.27. The summed E-state index contributed by atoms with van der Waals surface area (Å²) in [5.74, 6) is 0.170. The van der Waals surface area contributed by atoms with Crippen molar-refractivity contribution in [2.75, 3.05) is 13.1 Å². The van der Waals surface area contributed by atoms with E-state index >= 15 is 0 Å². The highest BCUT2D eigenvalue weighted by Crippen LogP contribution is 2.34. The van der Waals surface area contributed by atoms with E-state index in [4.69, 9.17) is 0 Å². The summed E-state index contributed by atoms with van der Waals surface area (Å²) in [5.41, 5.74) is 1.23. The maximum Gasteiger partial charge on any atom is 0.254 e. The van der Waals surface area contributed by atoms with E-state index in [1.54, 1.807) is 0 Å². The molecule has 0 N–H and O–H groups in total. The molecule has 1 amide bonds. The molecule has 1 saturated heterocycles. The van der Waals surface area contributed by atoms with Crippen molar-refractivity contribution < 1.29 is 4.79 Å². The van der Waals surface area contributed by atoms with E-state index in [-0.39, 0.29) is 5.91 Å². The van der Waals surface area contributed by atoms with Gasteiger partial charge in [-0.15, -0.1) is 0 Å². The molecule has 0 saturated carbocycles. The zero-order chi connectivity index (χ0) is 14.0. The van der Waals surface area contributed by atoms with E-state index in [2.05, 4.69) is 52.4 Å². The Bertz CT molecular complexity index is 481. The van der Waals surface area contributed by atoms with Crippen LogP contribution in [0.3, 0.4) is 0 Å². The van der Waals surface area contributed by atoms with Crippen LogP contribution in [0.4, 0.5) is 0 Å². The second kappa shape index (κ2) is 6.12. The first-order valence-electron chi connectivity index (χ1n) is 6.69. The average molecular weight is 436 g/mol. The van der Waals surface area contributed by atoms with E-state index in [1.807, 2.05) is 23.1 Å². The lowest BCUT2D eigenvalue weighted by Crippen LogP contribution is -2.42. The van der Waals surface area contributed by atoms with Crippen molar-refractivity contribution in [2.45, 2.75) is 33.1 Å². The lowest BCUT2D eigenvalue weighted by molar-refractivity contribution is 0.0599. The van der Waals surface area contributed by atoms with Crippen molar-refractivity contribution in [1.29, 1.82) is 0 Å². The number of likely N-dealkylation sites (tertiary alicyclic amines) is 1. The number of hydrogen-bond acceptors (Lipinski definition) is 1. The van der Waals surface area contributed by atoms with Crippen LogP contribution in [0.25, 0.3) is 0 Å². The number of carbonyl (C=O) groups is 1. The lowest BCUT2D eigenvalue weighted by Gasteiger charge is -2.39. The Kier molecular flexibility index (Phi) is 4.93. The Balaban J connectivity index is 2.11. The Morgan fingerprint density at radius 2 is 2.05 bits per heavy atom. The van der Waals surface area contributed by atoms with Crippen molar-refractivity contribution in [3.63, 3.8) is 0 Å². The predicted molar refractivity (Wildman–Crippen MR) is 90.4 cm³/mol. The van der Waals surface area contributed by atoms with E-state index in [1.165, 1.54) is 6.42 Å². The van der Waals surface area contributed by atoms with Crippen molar-refractivity contribution in [1.82, 2.24) is 4.90 Å². The predicted octanol–water partition coefficient (Wildman–Crippen LogP) is 4.71. The van der Waals surface area contributed by atoms with Crippen LogP contribution in [0.2, 0.25) is 0 Å². The van der Waals surface area contributed by atoms with Gasteiger partial charge in [0.15, 0.2) is 0 Å². The first-order valence-corrected chi connectivity index (χ1v) is 8.57. The third kappa shape index (κ3) is 3.51. The van der Waals surface area contributed by atoms with Gasteiger partial charge in [0, 0.05) is 21.1 Å². The standard InChI is InChI=1S/C15H19BrINO/c1-3-15(2)6-8-18(9-7-15)14(19)12-10-11(16)4-5-13(12)17/h4-5,10H,3,6-9H2,1-2H3. The SMILES string of the molecule is CCC1(C)CCN(C(=O)c2cc(Br)ccc2I)CC1. The van der Waals surface area contributed by atoms with Crippen LogP contribution in [0, 0.1) is 8.99 Å². The summed E-state index contributed by atoms with van der Waals surface area (Å²) >= 11 is 5.68. The second-order valence-corrected chi connectivity index (χ2v) is 7.66. The summed E-state index contributed by atoms with van der Waals surface area (Å²) < 4.78 is 1.99. The maximum absolute atomic E-state index is 12.6. The number of hydrogen-bond donors (Lipinski definition) is 0. The topological polar surface area (TPSA) is 20.3 Å². The highest BCUT2D eigenvalue weighted by Gasteiger charge is 2.31. The van der Waals surface area contributed by atoms with Gasteiger partial charge < -0.3 is 4.90 Å². The Labute approximate surface area is 137 Å². The monoisotopic (exact) mass is 435 g/mol. The molecule has 2 nitrogen and oxygen atoms in total. The Morgan fingerprint density at radius 1 is 1.42 bits per heavy atom. The lowest BCUT2D eigenvalue weighted by atomic mass is 9.78. The van der Waals surface area contributed by atoms with E-state index in [0.717, 1.165) is 39.5 Å². The van der Waals surface area contributed by atoms with Crippen molar-refractivity contribution >= 4 is 44.4 Å². The fourth-order valence-electron chi connectivity index (χ4n) is 2.43. The molecule has 104 valence electrons. The highest BCUT2D eigenvalue weighted by molar-refractivity contribution is 14.1. The molecule has 4 heteroatoms. The normalized spacial score (nSPS) is 18.4. The van der Waals surface area contributed by atoms with Gasteiger partial charge in [0.1, 0.15) is 0 Å². The summed E-state index contributed by atoms with van der Waals surface area (Å²) in [6, 6.07) is 5.89.